The Kier molecular flexibility index (Phi) is 8.70. The lowest BCUT2D eigenvalue weighted by molar-refractivity contribution is -0.116. The minimum Gasteiger partial charge on any atom is -0.370 e. The highest BCUT2D eigenvalue weighted by atomic mass is 35.5. The summed E-state index contributed by atoms with van der Waals surface area (Å²) in [7, 11) is -4.06. The molecule has 0 atom stereocenters. The number of hydrogen-bond donors (Lipinski definition) is 3. The van der Waals surface area contributed by atoms with E-state index in [1.54, 1.807) is 47.1 Å². The number of primary sulfonamides is 1. The van der Waals surface area contributed by atoms with Crippen LogP contribution in [0.25, 0.3) is 10.9 Å². The summed E-state index contributed by atoms with van der Waals surface area (Å²) in [5.74, 6) is -0.679. The van der Waals surface area contributed by atoms with E-state index >= 15 is 0 Å². The van der Waals surface area contributed by atoms with Gasteiger partial charge in [-0.1, -0.05) is 53.5 Å². The number of rotatable bonds is 6. The number of halogens is 2. The van der Waals surface area contributed by atoms with Gasteiger partial charge in [0.2, 0.25) is 21.8 Å². The van der Waals surface area contributed by atoms with Gasteiger partial charge in [0.05, 0.1) is 29.6 Å². The van der Waals surface area contributed by atoms with Crippen molar-refractivity contribution in [3.05, 3.63) is 88.0 Å². The van der Waals surface area contributed by atoms with Crippen LogP contribution in [0.3, 0.4) is 0 Å². The number of hydrogen-bond acceptors (Lipinski definition) is 5. The van der Waals surface area contributed by atoms with Gasteiger partial charge >= 0.3 is 0 Å². The van der Waals surface area contributed by atoms with Crippen molar-refractivity contribution in [2.45, 2.75) is 24.8 Å². The van der Waals surface area contributed by atoms with Crippen molar-refractivity contribution in [3.63, 3.8) is 0 Å². The topological polar surface area (TPSA) is 150 Å². The van der Waals surface area contributed by atoms with Gasteiger partial charge in [-0.05, 0) is 41.5 Å². The smallest absolute Gasteiger partial charge is 0.238 e. The average Bonchev–Trinajstić information content (AvgIpc) is 3.18. The molecule has 1 heterocycles. The van der Waals surface area contributed by atoms with Crippen molar-refractivity contribution in [1.29, 1.82) is 0 Å². The second-order valence-corrected chi connectivity index (χ2v) is 10.2. The molecule has 0 unspecified atom stereocenters. The standard InChI is InChI=1S/C22H18Cl2N4O3S.C2H5NO/c23-16-7-5-14(6-8-16)13-28-20-10-17(11-21(32(25,30)31)18(20)12-26-28)27-22(29)9-15-3-1-2-4-19(15)24;1-2(3)4/h1-8,10-12H,9,13H2,(H,27,29)(H2,25,30,31);1H3,(H2,3,4). The molecule has 1 aromatic heterocycles. The number of primary amides is 1. The number of amides is 2. The summed E-state index contributed by atoms with van der Waals surface area (Å²) in [6.45, 7) is 1.68. The molecule has 0 fully saturated rings. The van der Waals surface area contributed by atoms with Gasteiger partial charge in [0.1, 0.15) is 0 Å². The summed E-state index contributed by atoms with van der Waals surface area (Å²) in [5.41, 5.74) is 6.85. The van der Waals surface area contributed by atoms with Gasteiger partial charge in [-0.15, -0.1) is 0 Å². The van der Waals surface area contributed by atoms with E-state index in [0.29, 0.717) is 33.1 Å². The van der Waals surface area contributed by atoms with Gasteiger partial charge in [-0.25, -0.2) is 13.6 Å². The Morgan fingerprint density at radius 2 is 1.69 bits per heavy atom. The van der Waals surface area contributed by atoms with Gasteiger partial charge in [-0.2, -0.15) is 5.10 Å². The highest BCUT2D eigenvalue weighted by Crippen LogP contribution is 2.28. The van der Waals surface area contributed by atoms with E-state index in [9.17, 15) is 18.0 Å². The van der Waals surface area contributed by atoms with Crippen molar-refractivity contribution in [1.82, 2.24) is 9.78 Å². The Morgan fingerprint density at radius 1 is 1.06 bits per heavy atom. The van der Waals surface area contributed by atoms with E-state index in [4.69, 9.17) is 28.3 Å². The summed E-state index contributed by atoms with van der Waals surface area (Å²) in [6, 6.07) is 17.2. The molecule has 0 bridgehead atoms. The minimum atomic E-state index is -4.06. The summed E-state index contributed by atoms with van der Waals surface area (Å²) in [4.78, 5) is 21.7. The van der Waals surface area contributed by atoms with Crippen LogP contribution in [0.2, 0.25) is 10.0 Å². The monoisotopic (exact) mass is 547 g/mol. The normalized spacial score (nSPS) is 11.0. The van der Waals surface area contributed by atoms with Gasteiger partial charge in [0.15, 0.2) is 0 Å². The van der Waals surface area contributed by atoms with Crippen LogP contribution < -0.4 is 16.2 Å². The van der Waals surface area contributed by atoms with E-state index in [0.717, 1.165) is 5.56 Å². The summed E-state index contributed by atoms with van der Waals surface area (Å²) < 4.78 is 26.1. The zero-order valence-corrected chi connectivity index (χ0v) is 21.4. The Hall–Kier alpha value is -3.44. The molecule has 36 heavy (non-hydrogen) atoms. The lowest BCUT2D eigenvalue weighted by Gasteiger charge is -2.11. The number of sulfonamides is 1. The molecule has 188 valence electrons. The zero-order chi connectivity index (χ0) is 26.5. The second kappa shape index (κ2) is 11.5. The molecule has 0 spiro atoms. The number of carbonyl (C=O) groups is 2. The van der Waals surface area contributed by atoms with Crippen LogP contribution >= 0.6 is 23.2 Å². The molecule has 2 amide bonds. The molecule has 3 aromatic carbocycles. The van der Waals surface area contributed by atoms with Gasteiger partial charge in [0.25, 0.3) is 0 Å². The third-order valence-corrected chi connectivity index (χ3v) is 6.44. The number of anilines is 1. The number of nitrogens with one attached hydrogen (secondary N) is 1. The van der Waals surface area contributed by atoms with Crippen molar-refractivity contribution in [2.24, 2.45) is 10.9 Å². The van der Waals surface area contributed by atoms with Crippen LogP contribution in [-0.4, -0.2) is 30.0 Å². The van der Waals surface area contributed by atoms with E-state index < -0.39 is 10.0 Å². The lowest BCUT2D eigenvalue weighted by Crippen LogP contribution is -2.17. The first-order valence-electron chi connectivity index (χ1n) is 10.5. The fraction of sp³-hybridized carbons (Fsp3) is 0.125. The largest absolute Gasteiger partial charge is 0.370 e. The molecule has 9 nitrogen and oxygen atoms in total. The molecule has 0 saturated heterocycles. The maximum atomic E-state index is 12.6. The maximum absolute atomic E-state index is 12.6. The Morgan fingerprint density at radius 3 is 2.31 bits per heavy atom. The van der Waals surface area contributed by atoms with Gasteiger partial charge in [-0.3, -0.25) is 14.3 Å². The molecule has 0 aliphatic heterocycles. The van der Waals surface area contributed by atoms with Crippen LogP contribution in [0.4, 0.5) is 5.69 Å². The van der Waals surface area contributed by atoms with Crippen LogP contribution in [0, 0.1) is 0 Å². The van der Waals surface area contributed by atoms with Crippen molar-refractivity contribution in [3.8, 4) is 0 Å². The molecule has 5 N–H and O–H groups in total. The average molecular weight is 548 g/mol. The van der Waals surface area contributed by atoms with Gasteiger partial charge in [0, 0.05) is 28.0 Å². The number of aromatic nitrogens is 2. The molecule has 4 rings (SSSR count). The summed E-state index contributed by atoms with van der Waals surface area (Å²) in [5, 5.41) is 13.9. The number of carbonyl (C=O) groups excluding carboxylic acids is 2. The van der Waals surface area contributed by atoms with Crippen LogP contribution in [0.1, 0.15) is 18.1 Å². The Balaban J connectivity index is 0.000000840. The molecule has 4 aromatic rings. The third-order valence-electron chi connectivity index (χ3n) is 4.87. The van der Waals surface area contributed by atoms with E-state index in [2.05, 4.69) is 16.1 Å². The predicted octanol–water partition coefficient (Wildman–Crippen LogP) is 3.71. The lowest BCUT2D eigenvalue weighted by atomic mass is 10.1. The van der Waals surface area contributed by atoms with E-state index in [1.165, 1.54) is 19.2 Å². The van der Waals surface area contributed by atoms with Crippen LogP contribution in [0.5, 0.6) is 0 Å². The molecule has 0 radical (unpaired) electrons. The highest BCUT2D eigenvalue weighted by Gasteiger charge is 2.19. The molecule has 0 aliphatic carbocycles. The predicted molar refractivity (Wildman–Crippen MR) is 140 cm³/mol. The van der Waals surface area contributed by atoms with Crippen LogP contribution in [-0.2, 0) is 32.6 Å². The highest BCUT2D eigenvalue weighted by molar-refractivity contribution is 7.89. The summed E-state index contributed by atoms with van der Waals surface area (Å²) >= 11 is 12.1. The Bertz CT molecular complexity index is 1520. The fourth-order valence-corrected chi connectivity index (χ4v) is 4.44. The second-order valence-electron chi connectivity index (χ2n) is 7.81. The number of fused-ring (bicyclic) bond motifs is 1. The van der Waals surface area contributed by atoms with Crippen molar-refractivity contribution >= 4 is 61.6 Å². The molecule has 0 aliphatic rings. The minimum absolute atomic E-state index is 0.0342. The first-order valence-corrected chi connectivity index (χ1v) is 12.8. The fourth-order valence-electron chi connectivity index (χ4n) is 3.36. The van der Waals surface area contributed by atoms with E-state index in [-0.39, 0.29) is 28.8 Å². The first-order chi connectivity index (χ1) is 16.9. The zero-order valence-electron chi connectivity index (χ0n) is 19.1. The molecular formula is C24H23Cl2N5O4S. The first kappa shape index (κ1) is 27.2. The van der Waals surface area contributed by atoms with Gasteiger partial charge < -0.3 is 11.1 Å². The Labute approximate surface area is 218 Å². The number of nitrogens with two attached hydrogens (primary N) is 2. The van der Waals surface area contributed by atoms with Crippen LogP contribution in [0.15, 0.2) is 71.8 Å². The SMILES string of the molecule is CC(N)=O.NS(=O)(=O)c1cc(NC(=O)Cc2ccccc2Cl)cc2c1cnn2Cc1ccc(Cl)cc1. The maximum Gasteiger partial charge on any atom is 0.238 e. The quantitative estimate of drug-likeness (QED) is 0.336. The third kappa shape index (κ3) is 7.28. The van der Waals surface area contributed by atoms with Crippen molar-refractivity contribution < 1.29 is 18.0 Å². The molecular weight excluding hydrogens is 525 g/mol. The number of benzene rings is 3. The van der Waals surface area contributed by atoms with Crippen molar-refractivity contribution in [2.75, 3.05) is 5.32 Å². The summed E-state index contributed by atoms with van der Waals surface area (Å²) in [6.07, 6.45) is 1.48. The van der Waals surface area contributed by atoms with E-state index in [1.807, 2.05) is 12.1 Å². The number of nitrogens with zero attached hydrogens (tertiary/aromatic N) is 2. The molecule has 12 heteroatoms. The molecule has 0 saturated carbocycles.